The lowest BCUT2D eigenvalue weighted by Crippen LogP contribution is -2.00. The van der Waals surface area contributed by atoms with Crippen LogP contribution in [0.3, 0.4) is 0 Å². The van der Waals surface area contributed by atoms with E-state index in [9.17, 15) is 9.59 Å². The molecule has 0 bridgehead atoms. The first kappa shape index (κ1) is 15.2. The van der Waals surface area contributed by atoms with E-state index < -0.39 is 0 Å². The number of hydrogen-bond donors (Lipinski definition) is 0. The number of rotatable bonds is 6. The summed E-state index contributed by atoms with van der Waals surface area (Å²) in [5.41, 5.74) is 1.26. The van der Waals surface area contributed by atoms with Crippen LogP contribution in [-0.2, 0) is 6.54 Å². The summed E-state index contributed by atoms with van der Waals surface area (Å²) in [5.74, 6) is 0.717. The molecule has 0 aliphatic heterocycles. The molecule has 3 aromatic rings. The van der Waals surface area contributed by atoms with Gasteiger partial charge in [-0.25, -0.2) is 0 Å². The number of carbonyl (C=O) groups excluding carboxylic acids is 2. The lowest BCUT2D eigenvalue weighted by molar-refractivity contribution is 0.104. The second kappa shape index (κ2) is 6.62. The topological polar surface area (TPSA) is 48.3 Å². The van der Waals surface area contributed by atoms with E-state index in [1.54, 1.807) is 37.4 Å². The molecular formula is C18H15NO3S. The molecule has 1 aromatic carbocycles. The summed E-state index contributed by atoms with van der Waals surface area (Å²) in [6.45, 7) is 0.585. The molecule has 2 heterocycles. The van der Waals surface area contributed by atoms with Crippen molar-refractivity contribution in [3.8, 4) is 5.75 Å². The maximum absolute atomic E-state index is 12.5. The first-order chi connectivity index (χ1) is 11.2. The number of benzene rings is 1. The van der Waals surface area contributed by atoms with E-state index >= 15 is 0 Å². The van der Waals surface area contributed by atoms with E-state index in [1.165, 1.54) is 11.3 Å². The minimum Gasteiger partial charge on any atom is -0.497 e. The zero-order valence-electron chi connectivity index (χ0n) is 12.6. The zero-order valence-corrected chi connectivity index (χ0v) is 13.4. The summed E-state index contributed by atoms with van der Waals surface area (Å²) in [6, 6.07) is 14.4. The molecule has 0 saturated heterocycles. The van der Waals surface area contributed by atoms with Crippen molar-refractivity contribution < 1.29 is 14.3 Å². The van der Waals surface area contributed by atoms with Gasteiger partial charge in [-0.1, -0.05) is 0 Å². The lowest BCUT2D eigenvalue weighted by Gasteiger charge is -2.03. The van der Waals surface area contributed by atoms with E-state index in [0.717, 1.165) is 16.9 Å². The Labute approximate surface area is 138 Å². The highest BCUT2D eigenvalue weighted by atomic mass is 32.1. The van der Waals surface area contributed by atoms with Crippen molar-refractivity contribution in [3.05, 3.63) is 75.7 Å². The predicted octanol–water partition coefficient (Wildman–Crippen LogP) is 3.65. The Balaban J connectivity index is 1.78. The van der Waals surface area contributed by atoms with Crippen LogP contribution < -0.4 is 4.74 Å². The Morgan fingerprint density at radius 1 is 1.17 bits per heavy atom. The highest BCUT2D eigenvalue weighted by Crippen LogP contribution is 2.22. The molecule has 0 N–H and O–H groups in total. The number of methoxy groups -OCH3 is 1. The summed E-state index contributed by atoms with van der Waals surface area (Å²) in [5, 5.41) is 0. The van der Waals surface area contributed by atoms with Crippen LogP contribution in [0.15, 0.2) is 54.7 Å². The largest absolute Gasteiger partial charge is 0.497 e. The smallest absolute Gasteiger partial charge is 0.202 e. The molecule has 3 rings (SSSR count). The van der Waals surface area contributed by atoms with Crippen molar-refractivity contribution in [2.75, 3.05) is 7.11 Å². The van der Waals surface area contributed by atoms with Crippen molar-refractivity contribution in [1.82, 2.24) is 4.57 Å². The van der Waals surface area contributed by atoms with Crippen LogP contribution in [0.4, 0.5) is 0 Å². The highest BCUT2D eigenvalue weighted by molar-refractivity contribution is 7.14. The number of nitrogens with zero attached hydrogens (tertiary/aromatic N) is 1. The normalized spacial score (nSPS) is 10.5. The minimum atomic E-state index is -0.00739. The van der Waals surface area contributed by atoms with E-state index in [0.29, 0.717) is 22.7 Å². The van der Waals surface area contributed by atoms with Gasteiger partial charge in [-0.2, -0.15) is 0 Å². The monoisotopic (exact) mass is 325 g/mol. The number of aldehydes is 1. The Bertz CT molecular complexity index is 830. The standard InChI is InChI=1S/C18H15NO3S/c1-22-15-6-4-13(5-7-15)18(21)17-9-8-16(23-17)11-19-10-2-3-14(19)12-20/h2-10,12H,11H2,1H3. The van der Waals surface area contributed by atoms with Crippen LogP contribution >= 0.6 is 11.3 Å². The number of thiophene rings is 1. The van der Waals surface area contributed by atoms with E-state index in [4.69, 9.17) is 4.74 Å². The quantitative estimate of drug-likeness (QED) is 0.513. The van der Waals surface area contributed by atoms with Gasteiger partial charge in [0, 0.05) is 16.6 Å². The molecule has 23 heavy (non-hydrogen) atoms. The van der Waals surface area contributed by atoms with Crippen molar-refractivity contribution in [3.63, 3.8) is 0 Å². The first-order valence-electron chi connectivity index (χ1n) is 7.09. The van der Waals surface area contributed by atoms with Crippen LogP contribution in [-0.4, -0.2) is 23.7 Å². The maximum atomic E-state index is 12.5. The molecule has 116 valence electrons. The molecule has 4 nitrogen and oxygen atoms in total. The van der Waals surface area contributed by atoms with Gasteiger partial charge < -0.3 is 9.30 Å². The van der Waals surface area contributed by atoms with Crippen LogP contribution in [0.5, 0.6) is 5.75 Å². The van der Waals surface area contributed by atoms with Gasteiger partial charge in [0.25, 0.3) is 0 Å². The molecule has 0 atom stereocenters. The molecule has 0 radical (unpaired) electrons. The fourth-order valence-electron chi connectivity index (χ4n) is 2.32. The maximum Gasteiger partial charge on any atom is 0.202 e. The minimum absolute atomic E-state index is 0.00739. The number of aromatic nitrogens is 1. The molecule has 0 aliphatic rings. The molecule has 5 heteroatoms. The third-order valence-corrected chi connectivity index (χ3v) is 4.62. The van der Waals surface area contributed by atoms with Crippen LogP contribution in [0.25, 0.3) is 0 Å². The highest BCUT2D eigenvalue weighted by Gasteiger charge is 2.12. The van der Waals surface area contributed by atoms with Crippen molar-refractivity contribution >= 4 is 23.4 Å². The summed E-state index contributed by atoms with van der Waals surface area (Å²) in [4.78, 5) is 25.2. The summed E-state index contributed by atoms with van der Waals surface area (Å²) in [7, 11) is 1.59. The average molecular weight is 325 g/mol. The fraction of sp³-hybridized carbons (Fsp3) is 0.111. The van der Waals surface area contributed by atoms with Crippen LogP contribution in [0.2, 0.25) is 0 Å². The van der Waals surface area contributed by atoms with E-state index in [1.807, 2.05) is 29.0 Å². The third kappa shape index (κ3) is 3.24. The van der Waals surface area contributed by atoms with Gasteiger partial charge in [-0.05, 0) is 48.5 Å². The summed E-state index contributed by atoms with van der Waals surface area (Å²) < 4.78 is 6.96. The predicted molar refractivity (Wildman–Crippen MR) is 89.7 cm³/mol. The van der Waals surface area contributed by atoms with Crippen molar-refractivity contribution in [2.24, 2.45) is 0 Å². The Hall–Kier alpha value is -2.66. The number of ether oxygens (including phenoxy) is 1. The molecule has 0 spiro atoms. The van der Waals surface area contributed by atoms with Gasteiger partial charge in [-0.15, -0.1) is 11.3 Å². The molecule has 0 fully saturated rings. The van der Waals surface area contributed by atoms with Gasteiger partial charge in [0.2, 0.25) is 5.78 Å². The summed E-state index contributed by atoms with van der Waals surface area (Å²) >= 11 is 1.45. The fourth-order valence-corrected chi connectivity index (χ4v) is 3.28. The molecule has 0 aliphatic carbocycles. The summed E-state index contributed by atoms with van der Waals surface area (Å²) in [6.07, 6.45) is 2.69. The molecular weight excluding hydrogens is 310 g/mol. The van der Waals surface area contributed by atoms with Crippen LogP contribution in [0.1, 0.15) is 30.6 Å². The number of carbonyl (C=O) groups is 2. The Morgan fingerprint density at radius 2 is 1.96 bits per heavy atom. The Kier molecular flexibility index (Phi) is 4.39. The first-order valence-corrected chi connectivity index (χ1v) is 7.90. The molecule has 0 amide bonds. The van der Waals surface area contributed by atoms with Crippen LogP contribution in [0, 0.1) is 0 Å². The number of ketones is 1. The second-order valence-electron chi connectivity index (χ2n) is 5.00. The van der Waals surface area contributed by atoms with Gasteiger partial charge in [0.05, 0.1) is 24.2 Å². The molecule has 0 unspecified atom stereocenters. The molecule has 0 saturated carbocycles. The number of hydrogen-bond acceptors (Lipinski definition) is 4. The average Bonchev–Trinajstić information content (AvgIpc) is 3.24. The Morgan fingerprint density at radius 3 is 2.65 bits per heavy atom. The van der Waals surface area contributed by atoms with Gasteiger partial charge in [0.1, 0.15) is 5.75 Å². The lowest BCUT2D eigenvalue weighted by atomic mass is 10.1. The van der Waals surface area contributed by atoms with E-state index in [-0.39, 0.29) is 5.78 Å². The van der Waals surface area contributed by atoms with Crippen molar-refractivity contribution in [1.29, 1.82) is 0 Å². The van der Waals surface area contributed by atoms with E-state index in [2.05, 4.69) is 0 Å². The zero-order chi connectivity index (χ0) is 16.2. The van der Waals surface area contributed by atoms with Gasteiger partial charge in [0.15, 0.2) is 6.29 Å². The van der Waals surface area contributed by atoms with Gasteiger partial charge in [-0.3, -0.25) is 9.59 Å². The SMILES string of the molecule is COc1ccc(C(=O)c2ccc(Cn3cccc3C=O)s2)cc1. The third-order valence-electron chi connectivity index (χ3n) is 3.55. The molecule has 2 aromatic heterocycles. The van der Waals surface area contributed by atoms with Gasteiger partial charge >= 0.3 is 0 Å². The van der Waals surface area contributed by atoms with Crippen molar-refractivity contribution in [2.45, 2.75) is 6.54 Å². The second-order valence-corrected chi connectivity index (χ2v) is 6.17.